The molecule has 2 amide bonds. The van der Waals surface area contributed by atoms with Crippen LogP contribution < -0.4 is 5.32 Å². The first-order valence-corrected chi connectivity index (χ1v) is 9.84. The Morgan fingerprint density at radius 2 is 1.74 bits per heavy atom. The molecule has 4 rings (SSSR count). The third-order valence-corrected chi connectivity index (χ3v) is 5.13. The minimum Gasteiger partial charge on any atom is -0.465 e. The van der Waals surface area contributed by atoms with Crippen LogP contribution in [0.15, 0.2) is 53.1 Å². The molecule has 7 nitrogen and oxygen atoms in total. The maximum atomic E-state index is 13.8. The number of halogens is 5. The Balaban J connectivity index is 1.59. The van der Waals surface area contributed by atoms with E-state index in [1.807, 2.05) is 5.32 Å². The molecule has 0 unspecified atom stereocenters. The summed E-state index contributed by atoms with van der Waals surface area (Å²) in [5.74, 6) is -3.77. The Morgan fingerprint density at radius 1 is 1.09 bits per heavy atom. The number of nitrogens with one attached hydrogen (secondary N) is 1. The fraction of sp³-hybridized carbons (Fsp3) is 0.227. The number of amides is 2. The molecule has 0 saturated carbocycles. The van der Waals surface area contributed by atoms with Gasteiger partial charge in [-0.2, -0.15) is 13.2 Å². The molecule has 0 atom stereocenters. The van der Waals surface area contributed by atoms with Crippen molar-refractivity contribution in [3.8, 4) is 22.5 Å². The van der Waals surface area contributed by atoms with Gasteiger partial charge < -0.3 is 19.7 Å². The van der Waals surface area contributed by atoms with Crippen LogP contribution in [0.4, 0.5) is 26.7 Å². The molecule has 1 aliphatic rings. The maximum Gasteiger partial charge on any atom is 0.417 e. The van der Waals surface area contributed by atoms with E-state index in [1.54, 1.807) is 0 Å². The number of rotatable bonds is 5. The van der Waals surface area contributed by atoms with E-state index in [1.165, 1.54) is 36.4 Å². The van der Waals surface area contributed by atoms with Crippen LogP contribution >= 0.6 is 0 Å². The molecule has 0 spiro atoms. The molecule has 1 aromatic heterocycles. The van der Waals surface area contributed by atoms with Gasteiger partial charge in [0.1, 0.15) is 0 Å². The summed E-state index contributed by atoms with van der Waals surface area (Å²) >= 11 is 0. The SMILES string of the molecule is O=C(O)NCc1ncc(-c2ccc(-c3ccc(C(=O)N4CC(F)(F)C4)cc3)cc2C(F)(F)F)o1. The first-order valence-electron chi connectivity index (χ1n) is 9.84. The van der Waals surface area contributed by atoms with Crippen LogP contribution in [0.3, 0.4) is 0 Å². The highest BCUT2D eigenvalue weighted by atomic mass is 19.4. The van der Waals surface area contributed by atoms with Gasteiger partial charge in [-0.15, -0.1) is 0 Å². The highest BCUT2D eigenvalue weighted by Crippen LogP contribution is 2.40. The van der Waals surface area contributed by atoms with Gasteiger partial charge in [-0.25, -0.2) is 18.6 Å². The summed E-state index contributed by atoms with van der Waals surface area (Å²) in [6, 6.07) is 9.15. The monoisotopic (exact) mass is 481 g/mol. The number of likely N-dealkylation sites (tertiary alicyclic amines) is 1. The van der Waals surface area contributed by atoms with E-state index in [0.717, 1.165) is 17.2 Å². The minimum absolute atomic E-state index is 0.102. The van der Waals surface area contributed by atoms with E-state index in [-0.39, 0.29) is 34.9 Å². The Morgan fingerprint density at radius 3 is 2.32 bits per heavy atom. The molecule has 1 saturated heterocycles. The second-order valence-corrected chi connectivity index (χ2v) is 7.63. The van der Waals surface area contributed by atoms with Crippen LogP contribution in [0.2, 0.25) is 0 Å². The lowest BCUT2D eigenvalue weighted by molar-refractivity contribution is -0.137. The number of carbonyl (C=O) groups excluding carboxylic acids is 1. The van der Waals surface area contributed by atoms with Gasteiger partial charge in [0.05, 0.1) is 31.4 Å². The summed E-state index contributed by atoms with van der Waals surface area (Å²) < 4.78 is 72.6. The topological polar surface area (TPSA) is 95.7 Å². The molecule has 3 aromatic rings. The van der Waals surface area contributed by atoms with E-state index in [2.05, 4.69) is 4.98 Å². The lowest BCUT2D eigenvalue weighted by atomic mass is 9.97. The smallest absolute Gasteiger partial charge is 0.417 e. The van der Waals surface area contributed by atoms with Crippen LogP contribution in [-0.4, -0.2) is 46.0 Å². The Labute approximate surface area is 188 Å². The molecule has 2 N–H and O–H groups in total. The van der Waals surface area contributed by atoms with Gasteiger partial charge in [-0.3, -0.25) is 4.79 Å². The van der Waals surface area contributed by atoms with Crippen molar-refractivity contribution in [3.63, 3.8) is 0 Å². The number of alkyl halides is 5. The molecule has 178 valence electrons. The van der Waals surface area contributed by atoms with Crippen molar-refractivity contribution in [1.82, 2.24) is 15.2 Å². The summed E-state index contributed by atoms with van der Waals surface area (Å²) in [6.07, 6.45) is -5.00. The van der Waals surface area contributed by atoms with Crippen LogP contribution in [0.25, 0.3) is 22.5 Å². The minimum atomic E-state index is -4.74. The Bertz CT molecular complexity index is 1230. The summed E-state index contributed by atoms with van der Waals surface area (Å²) in [4.78, 5) is 27.6. The molecule has 0 bridgehead atoms. The average Bonchev–Trinajstić information content (AvgIpc) is 3.23. The van der Waals surface area contributed by atoms with E-state index in [0.29, 0.717) is 5.56 Å². The first kappa shape index (κ1) is 23.2. The molecule has 2 heterocycles. The standard InChI is InChI=1S/C22H16F5N3O4/c23-21(24)10-30(11-21)19(31)13-3-1-12(2-4-13)14-5-6-15(16(7-14)22(25,26)27)17-8-28-18(34-17)9-29-20(32)33/h1-8,29H,9-11H2,(H,32,33). The molecule has 1 fully saturated rings. The van der Waals surface area contributed by atoms with Crippen LogP contribution in [-0.2, 0) is 12.7 Å². The van der Waals surface area contributed by atoms with Crippen molar-refractivity contribution in [2.24, 2.45) is 0 Å². The Hall–Kier alpha value is -3.96. The third-order valence-electron chi connectivity index (χ3n) is 5.13. The van der Waals surface area contributed by atoms with Crippen molar-refractivity contribution in [3.05, 3.63) is 65.7 Å². The molecule has 2 aromatic carbocycles. The van der Waals surface area contributed by atoms with Crippen LogP contribution in [0, 0.1) is 0 Å². The zero-order valence-electron chi connectivity index (χ0n) is 17.2. The molecule has 0 radical (unpaired) electrons. The van der Waals surface area contributed by atoms with Crippen molar-refractivity contribution in [1.29, 1.82) is 0 Å². The molecular weight excluding hydrogens is 465 g/mol. The van der Waals surface area contributed by atoms with Crippen molar-refractivity contribution >= 4 is 12.0 Å². The molecule has 0 aliphatic carbocycles. The van der Waals surface area contributed by atoms with Gasteiger partial charge in [0, 0.05) is 11.1 Å². The van der Waals surface area contributed by atoms with Gasteiger partial charge in [0.15, 0.2) is 5.76 Å². The lowest BCUT2D eigenvalue weighted by Crippen LogP contribution is -2.58. The summed E-state index contributed by atoms with van der Waals surface area (Å²) in [5, 5.41) is 10.6. The second kappa shape index (κ2) is 8.43. The molecule has 34 heavy (non-hydrogen) atoms. The normalized spacial score (nSPS) is 15.0. The summed E-state index contributed by atoms with van der Waals surface area (Å²) in [6.45, 7) is -1.64. The van der Waals surface area contributed by atoms with Crippen molar-refractivity contribution < 1.29 is 41.1 Å². The average molecular weight is 481 g/mol. The lowest BCUT2D eigenvalue weighted by Gasteiger charge is -2.38. The quantitative estimate of drug-likeness (QED) is 0.507. The third kappa shape index (κ3) is 4.85. The first-order chi connectivity index (χ1) is 15.9. The van der Waals surface area contributed by atoms with Crippen LogP contribution in [0.5, 0.6) is 0 Å². The van der Waals surface area contributed by atoms with Gasteiger partial charge in [-0.05, 0) is 35.4 Å². The predicted molar refractivity (Wildman–Crippen MR) is 108 cm³/mol. The fourth-order valence-electron chi connectivity index (χ4n) is 3.48. The number of nitrogens with zero attached hydrogens (tertiary/aromatic N) is 2. The number of hydrogen-bond acceptors (Lipinski definition) is 4. The molecular formula is C22H16F5N3O4. The summed E-state index contributed by atoms with van der Waals surface area (Å²) in [7, 11) is 0. The predicted octanol–water partition coefficient (Wildman–Crippen LogP) is 4.89. The number of aromatic nitrogens is 1. The number of hydrogen-bond donors (Lipinski definition) is 2. The number of benzene rings is 2. The summed E-state index contributed by atoms with van der Waals surface area (Å²) in [5.41, 5.74) is -0.543. The zero-order valence-corrected chi connectivity index (χ0v) is 17.2. The van der Waals surface area contributed by atoms with Crippen molar-refractivity contribution in [2.75, 3.05) is 13.1 Å². The van der Waals surface area contributed by atoms with Crippen LogP contribution in [0.1, 0.15) is 21.8 Å². The van der Waals surface area contributed by atoms with Gasteiger partial charge in [0.2, 0.25) is 5.89 Å². The van der Waals surface area contributed by atoms with Crippen molar-refractivity contribution in [2.45, 2.75) is 18.6 Å². The molecule has 1 aliphatic heterocycles. The Kier molecular flexibility index (Phi) is 5.75. The number of carboxylic acid groups (broad SMARTS) is 1. The van der Waals surface area contributed by atoms with Gasteiger partial charge >= 0.3 is 12.3 Å². The van der Waals surface area contributed by atoms with E-state index in [4.69, 9.17) is 9.52 Å². The second-order valence-electron chi connectivity index (χ2n) is 7.63. The highest BCUT2D eigenvalue weighted by molar-refractivity contribution is 5.95. The largest absolute Gasteiger partial charge is 0.465 e. The zero-order chi connectivity index (χ0) is 24.7. The van der Waals surface area contributed by atoms with Gasteiger partial charge in [0.25, 0.3) is 11.8 Å². The molecule has 12 heteroatoms. The number of carbonyl (C=O) groups is 2. The van der Waals surface area contributed by atoms with E-state index in [9.17, 15) is 31.5 Å². The van der Waals surface area contributed by atoms with E-state index >= 15 is 0 Å². The van der Waals surface area contributed by atoms with E-state index < -0.39 is 42.8 Å². The van der Waals surface area contributed by atoms with Gasteiger partial charge in [-0.1, -0.05) is 18.2 Å². The fourth-order valence-corrected chi connectivity index (χ4v) is 3.48. The maximum absolute atomic E-state index is 13.8. The highest BCUT2D eigenvalue weighted by Gasteiger charge is 2.46. The number of oxazole rings is 1.